The van der Waals surface area contributed by atoms with Gasteiger partial charge in [0.1, 0.15) is 0 Å². The molecule has 1 aromatic rings. The Hall–Kier alpha value is -2.12. The number of aromatic nitrogens is 2. The molecule has 0 aliphatic carbocycles. The van der Waals surface area contributed by atoms with Crippen LogP contribution in [-0.4, -0.2) is 33.8 Å². The van der Waals surface area contributed by atoms with E-state index < -0.39 is 5.97 Å². The van der Waals surface area contributed by atoms with Gasteiger partial charge in [-0.1, -0.05) is 18.5 Å². The van der Waals surface area contributed by atoms with Gasteiger partial charge in [0.25, 0.3) is 0 Å². The number of urea groups is 1. The van der Waals surface area contributed by atoms with Gasteiger partial charge in [0.2, 0.25) is 5.89 Å². The largest absolute Gasteiger partial charge is 0.481 e. The second-order valence-corrected chi connectivity index (χ2v) is 4.83. The number of nitrogens with one attached hydrogen (secondary N) is 2. The van der Waals surface area contributed by atoms with Crippen molar-refractivity contribution in [2.45, 2.75) is 46.1 Å². The molecule has 0 saturated carbocycles. The lowest BCUT2D eigenvalue weighted by atomic mass is 9.97. The second kappa shape index (κ2) is 8.93. The molecule has 1 heterocycles. The van der Waals surface area contributed by atoms with E-state index in [4.69, 9.17) is 9.63 Å². The van der Waals surface area contributed by atoms with Gasteiger partial charge in [-0.25, -0.2) is 4.79 Å². The Kier molecular flexibility index (Phi) is 7.20. The minimum absolute atomic E-state index is 0.169. The number of aliphatic carboxylic acids is 1. The van der Waals surface area contributed by atoms with E-state index in [0.717, 1.165) is 12.8 Å². The normalized spacial score (nSPS) is 11.9. The fraction of sp³-hybridized carbons (Fsp3) is 0.692. The van der Waals surface area contributed by atoms with Crippen molar-refractivity contribution in [3.63, 3.8) is 0 Å². The average molecular weight is 298 g/mol. The van der Waals surface area contributed by atoms with Crippen molar-refractivity contribution in [3.05, 3.63) is 11.7 Å². The summed E-state index contributed by atoms with van der Waals surface area (Å²) in [5.74, 6) is 0.405. The molecule has 0 aliphatic heterocycles. The van der Waals surface area contributed by atoms with Gasteiger partial charge >= 0.3 is 12.0 Å². The quantitative estimate of drug-likeness (QED) is 0.635. The van der Waals surface area contributed by atoms with Crippen molar-refractivity contribution in [2.75, 3.05) is 6.54 Å². The molecule has 2 amide bonds. The van der Waals surface area contributed by atoms with E-state index in [2.05, 4.69) is 20.8 Å². The minimum atomic E-state index is -0.783. The maximum absolute atomic E-state index is 11.6. The Labute approximate surface area is 123 Å². The lowest BCUT2D eigenvalue weighted by molar-refractivity contribution is -0.137. The molecule has 0 fully saturated rings. The van der Waals surface area contributed by atoms with Crippen LogP contribution in [0, 0.1) is 12.8 Å². The number of nitrogens with zero attached hydrogens (tertiary/aromatic N) is 2. The van der Waals surface area contributed by atoms with Gasteiger partial charge in [0.15, 0.2) is 5.82 Å². The standard InChI is InChI=1S/C13H22N4O4/c1-3-10(4-5-12(18)19)6-7-14-13(20)15-8-11-16-9(2)21-17-11/h10H,3-8H2,1-2H3,(H,18,19)(H2,14,15,20). The molecule has 1 unspecified atom stereocenters. The van der Waals surface area contributed by atoms with E-state index in [1.54, 1.807) is 6.92 Å². The molecule has 0 saturated heterocycles. The first kappa shape index (κ1) is 16.9. The molecule has 0 radical (unpaired) electrons. The SMILES string of the molecule is CCC(CCNC(=O)NCc1noc(C)n1)CCC(=O)O. The van der Waals surface area contributed by atoms with Crippen LogP contribution in [0.25, 0.3) is 0 Å². The van der Waals surface area contributed by atoms with Gasteiger partial charge < -0.3 is 20.3 Å². The van der Waals surface area contributed by atoms with Crippen LogP contribution in [0.15, 0.2) is 4.52 Å². The van der Waals surface area contributed by atoms with Gasteiger partial charge in [-0.05, 0) is 18.8 Å². The van der Waals surface area contributed by atoms with Crippen LogP contribution in [-0.2, 0) is 11.3 Å². The summed E-state index contributed by atoms with van der Waals surface area (Å²) in [5, 5.41) is 17.7. The molecule has 8 heteroatoms. The smallest absolute Gasteiger partial charge is 0.315 e. The second-order valence-electron chi connectivity index (χ2n) is 4.83. The minimum Gasteiger partial charge on any atom is -0.481 e. The highest BCUT2D eigenvalue weighted by Crippen LogP contribution is 2.14. The lowest BCUT2D eigenvalue weighted by Crippen LogP contribution is -2.36. The molecule has 21 heavy (non-hydrogen) atoms. The molecule has 1 rings (SSSR count). The van der Waals surface area contributed by atoms with Crippen molar-refractivity contribution < 1.29 is 19.2 Å². The topological polar surface area (TPSA) is 117 Å². The summed E-state index contributed by atoms with van der Waals surface area (Å²) in [7, 11) is 0. The number of carboxylic acid groups (broad SMARTS) is 1. The van der Waals surface area contributed by atoms with Crippen LogP contribution in [0.2, 0.25) is 0 Å². The molecule has 3 N–H and O–H groups in total. The van der Waals surface area contributed by atoms with Crippen LogP contribution in [0.3, 0.4) is 0 Å². The Morgan fingerprint density at radius 3 is 2.67 bits per heavy atom. The summed E-state index contributed by atoms with van der Waals surface area (Å²) in [6, 6.07) is -0.300. The van der Waals surface area contributed by atoms with Gasteiger partial charge in [-0.2, -0.15) is 4.98 Å². The van der Waals surface area contributed by atoms with Gasteiger partial charge in [0, 0.05) is 19.9 Å². The highest BCUT2D eigenvalue weighted by molar-refractivity contribution is 5.73. The number of carbonyl (C=O) groups is 2. The van der Waals surface area contributed by atoms with Crippen LogP contribution in [0.5, 0.6) is 0 Å². The molecular weight excluding hydrogens is 276 g/mol. The zero-order valence-electron chi connectivity index (χ0n) is 12.4. The van der Waals surface area contributed by atoms with Crippen molar-refractivity contribution >= 4 is 12.0 Å². The number of aryl methyl sites for hydroxylation is 1. The number of amides is 2. The third kappa shape index (κ3) is 7.28. The van der Waals surface area contributed by atoms with Gasteiger partial charge in [-0.15, -0.1) is 0 Å². The first-order chi connectivity index (χ1) is 10.0. The summed E-state index contributed by atoms with van der Waals surface area (Å²) in [5.41, 5.74) is 0. The fourth-order valence-electron chi connectivity index (χ4n) is 1.90. The van der Waals surface area contributed by atoms with E-state index in [1.807, 2.05) is 6.92 Å². The molecule has 1 atom stereocenters. The summed E-state index contributed by atoms with van der Waals surface area (Å²) in [6.07, 6.45) is 2.47. The molecule has 0 aromatic carbocycles. The average Bonchev–Trinajstić information content (AvgIpc) is 2.86. The van der Waals surface area contributed by atoms with Crippen LogP contribution >= 0.6 is 0 Å². The summed E-state index contributed by atoms with van der Waals surface area (Å²) < 4.78 is 4.79. The number of hydrogen-bond donors (Lipinski definition) is 3. The molecule has 118 valence electrons. The van der Waals surface area contributed by atoms with Gasteiger partial charge in [0.05, 0.1) is 6.54 Å². The summed E-state index contributed by atoms with van der Waals surface area (Å²) in [4.78, 5) is 26.1. The number of rotatable bonds is 9. The molecule has 0 aliphatic rings. The fourth-order valence-corrected chi connectivity index (χ4v) is 1.90. The molecule has 0 spiro atoms. The van der Waals surface area contributed by atoms with Crippen molar-refractivity contribution in [3.8, 4) is 0 Å². The van der Waals surface area contributed by atoms with E-state index in [9.17, 15) is 9.59 Å². The maximum Gasteiger partial charge on any atom is 0.315 e. The zero-order chi connectivity index (χ0) is 15.7. The summed E-state index contributed by atoms with van der Waals surface area (Å²) in [6.45, 7) is 4.42. The van der Waals surface area contributed by atoms with Crippen LogP contribution in [0.4, 0.5) is 4.79 Å². The van der Waals surface area contributed by atoms with E-state index >= 15 is 0 Å². The third-order valence-electron chi connectivity index (χ3n) is 3.16. The lowest BCUT2D eigenvalue weighted by Gasteiger charge is -2.14. The number of carbonyl (C=O) groups excluding carboxylic acids is 1. The highest BCUT2D eigenvalue weighted by Gasteiger charge is 2.10. The Morgan fingerprint density at radius 2 is 2.10 bits per heavy atom. The zero-order valence-corrected chi connectivity index (χ0v) is 12.4. The Morgan fingerprint density at radius 1 is 1.33 bits per heavy atom. The van der Waals surface area contributed by atoms with Crippen LogP contribution in [0.1, 0.15) is 44.3 Å². The molecule has 8 nitrogen and oxygen atoms in total. The van der Waals surface area contributed by atoms with E-state index in [0.29, 0.717) is 30.6 Å². The van der Waals surface area contributed by atoms with E-state index in [1.165, 1.54) is 0 Å². The van der Waals surface area contributed by atoms with Crippen molar-refractivity contribution in [1.29, 1.82) is 0 Å². The van der Waals surface area contributed by atoms with Crippen molar-refractivity contribution in [1.82, 2.24) is 20.8 Å². The van der Waals surface area contributed by atoms with Crippen LogP contribution < -0.4 is 10.6 Å². The van der Waals surface area contributed by atoms with E-state index in [-0.39, 0.29) is 19.0 Å². The monoisotopic (exact) mass is 298 g/mol. The number of hydrogen-bond acceptors (Lipinski definition) is 5. The first-order valence-corrected chi connectivity index (χ1v) is 7.04. The predicted molar refractivity (Wildman–Crippen MR) is 74.5 cm³/mol. The highest BCUT2D eigenvalue weighted by atomic mass is 16.5. The summed E-state index contributed by atoms with van der Waals surface area (Å²) >= 11 is 0. The molecular formula is C13H22N4O4. The molecule has 1 aromatic heterocycles. The van der Waals surface area contributed by atoms with Gasteiger partial charge in [-0.3, -0.25) is 4.79 Å². The van der Waals surface area contributed by atoms with Crippen molar-refractivity contribution in [2.24, 2.45) is 5.92 Å². The Balaban J connectivity index is 2.15. The first-order valence-electron chi connectivity index (χ1n) is 7.04. The third-order valence-corrected chi connectivity index (χ3v) is 3.16. The number of carboxylic acids is 1. The predicted octanol–water partition coefficient (Wildman–Crippen LogP) is 1.46. The maximum atomic E-state index is 11.6. The Bertz CT molecular complexity index is 461. The molecule has 0 bridgehead atoms.